The fourth-order valence-corrected chi connectivity index (χ4v) is 2.87. The third-order valence-electron chi connectivity index (χ3n) is 3.41. The predicted octanol–water partition coefficient (Wildman–Crippen LogP) is 3.41. The average molecular weight is 301 g/mol. The van der Waals surface area contributed by atoms with Gasteiger partial charge in [0.15, 0.2) is 0 Å². The van der Waals surface area contributed by atoms with Gasteiger partial charge in [-0.3, -0.25) is 4.79 Å². The number of nitrogens with zero attached hydrogens (tertiary/aromatic N) is 1. The number of amides is 1. The van der Waals surface area contributed by atoms with Crippen molar-refractivity contribution in [2.45, 2.75) is 32.7 Å². The molecule has 19 heavy (non-hydrogen) atoms. The first-order chi connectivity index (χ1) is 9.04. The van der Waals surface area contributed by atoms with Gasteiger partial charge in [0.2, 0.25) is 5.91 Å². The molecule has 0 aliphatic carbocycles. The number of rotatable bonds is 3. The van der Waals surface area contributed by atoms with Gasteiger partial charge in [-0.15, -0.1) is 0 Å². The molecule has 1 aliphatic rings. The molecular formula is C14H18Cl2N2O. The fraction of sp³-hybridized carbons (Fsp3) is 0.500. The van der Waals surface area contributed by atoms with Crippen molar-refractivity contribution >= 4 is 34.8 Å². The van der Waals surface area contributed by atoms with Crippen molar-refractivity contribution in [2.75, 3.05) is 18.0 Å². The van der Waals surface area contributed by atoms with E-state index in [0.29, 0.717) is 22.3 Å². The Labute approximate surface area is 123 Å². The number of likely N-dealkylation sites (N-methyl/N-ethyl adjacent to an activating group) is 1. The molecule has 0 saturated carbocycles. The van der Waals surface area contributed by atoms with Gasteiger partial charge < -0.3 is 10.2 Å². The molecule has 0 radical (unpaired) electrons. The van der Waals surface area contributed by atoms with Crippen molar-refractivity contribution in [3.05, 3.63) is 27.7 Å². The highest BCUT2D eigenvalue weighted by Gasteiger charge is 2.30. The molecule has 1 heterocycles. The van der Waals surface area contributed by atoms with Gasteiger partial charge in [0.25, 0.3) is 0 Å². The molecule has 1 atom stereocenters. The predicted molar refractivity (Wildman–Crippen MR) is 80.3 cm³/mol. The van der Waals surface area contributed by atoms with Crippen LogP contribution in [0.1, 0.15) is 25.3 Å². The van der Waals surface area contributed by atoms with Gasteiger partial charge in [0.1, 0.15) is 0 Å². The Morgan fingerprint density at radius 3 is 2.79 bits per heavy atom. The lowest BCUT2D eigenvalue weighted by Crippen LogP contribution is -2.50. The Balaban J connectivity index is 2.30. The minimum Gasteiger partial charge on any atom is -0.310 e. The minimum absolute atomic E-state index is 0.0786. The first-order valence-electron chi connectivity index (χ1n) is 6.55. The molecule has 1 N–H and O–H groups in total. The Bertz CT molecular complexity index is 489. The van der Waals surface area contributed by atoms with Crippen LogP contribution >= 0.6 is 23.2 Å². The third-order valence-corrected chi connectivity index (χ3v) is 4.12. The van der Waals surface area contributed by atoms with E-state index in [1.54, 1.807) is 11.0 Å². The second-order valence-corrected chi connectivity index (χ2v) is 5.61. The van der Waals surface area contributed by atoms with Crippen LogP contribution < -0.4 is 10.2 Å². The molecule has 1 amide bonds. The highest BCUT2D eigenvalue weighted by Crippen LogP contribution is 2.33. The molecule has 3 nitrogen and oxygen atoms in total. The van der Waals surface area contributed by atoms with E-state index >= 15 is 0 Å². The summed E-state index contributed by atoms with van der Waals surface area (Å²) in [6.07, 6.45) is 1.84. The van der Waals surface area contributed by atoms with Gasteiger partial charge in [-0.05, 0) is 44.0 Å². The zero-order valence-electron chi connectivity index (χ0n) is 11.2. The lowest BCUT2D eigenvalue weighted by Gasteiger charge is -2.33. The maximum Gasteiger partial charge on any atom is 0.244 e. The Morgan fingerprint density at radius 1 is 1.37 bits per heavy atom. The number of hydrogen-bond donors (Lipinski definition) is 1. The van der Waals surface area contributed by atoms with E-state index in [4.69, 9.17) is 23.2 Å². The summed E-state index contributed by atoms with van der Waals surface area (Å²) in [4.78, 5) is 14.2. The molecule has 1 aliphatic heterocycles. The second kappa shape index (κ2) is 6.12. The maximum atomic E-state index is 12.4. The molecule has 1 aromatic rings. The highest BCUT2D eigenvalue weighted by molar-refractivity contribution is 6.36. The molecule has 1 aromatic carbocycles. The van der Waals surface area contributed by atoms with Gasteiger partial charge in [-0.25, -0.2) is 0 Å². The molecule has 1 fully saturated rings. The van der Waals surface area contributed by atoms with Crippen LogP contribution in [0.2, 0.25) is 10.0 Å². The SMILES string of the molecule is CCNC1CCCN(c2cc(Cl)c(C)cc2Cl)C1=O. The van der Waals surface area contributed by atoms with Gasteiger partial charge in [0, 0.05) is 11.6 Å². The van der Waals surface area contributed by atoms with Gasteiger partial charge in [-0.2, -0.15) is 0 Å². The lowest BCUT2D eigenvalue weighted by atomic mass is 10.0. The molecule has 0 aromatic heterocycles. The van der Waals surface area contributed by atoms with Crippen LogP contribution in [0.25, 0.3) is 0 Å². The van der Waals surface area contributed by atoms with Crippen molar-refractivity contribution in [1.82, 2.24) is 5.32 Å². The quantitative estimate of drug-likeness (QED) is 0.928. The Hall–Kier alpha value is -0.770. The van der Waals surface area contributed by atoms with Gasteiger partial charge in [-0.1, -0.05) is 30.1 Å². The Morgan fingerprint density at radius 2 is 2.11 bits per heavy atom. The number of carbonyl (C=O) groups excluding carboxylic acids is 1. The smallest absolute Gasteiger partial charge is 0.244 e. The standard InChI is InChI=1S/C14H18Cl2N2O/c1-3-17-12-5-4-6-18(14(12)19)13-8-10(15)9(2)7-11(13)16/h7-8,12,17H,3-6H2,1-2H3. The molecule has 0 bridgehead atoms. The normalized spacial score (nSPS) is 19.9. The number of hydrogen-bond acceptors (Lipinski definition) is 2. The Kier molecular flexibility index (Phi) is 4.71. The van der Waals surface area contributed by atoms with Gasteiger partial charge >= 0.3 is 0 Å². The maximum absolute atomic E-state index is 12.4. The van der Waals surface area contributed by atoms with Crippen molar-refractivity contribution in [1.29, 1.82) is 0 Å². The van der Waals surface area contributed by atoms with Crippen LogP contribution in [0.4, 0.5) is 5.69 Å². The first-order valence-corrected chi connectivity index (χ1v) is 7.30. The lowest BCUT2D eigenvalue weighted by molar-refractivity contribution is -0.121. The fourth-order valence-electron chi connectivity index (χ4n) is 2.39. The second-order valence-electron chi connectivity index (χ2n) is 4.80. The molecule has 104 valence electrons. The van der Waals surface area contributed by atoms with Crippen LogP contribution in [-0.2, 0) is 4.79 Å². The van der Waals surface area contributed by atoms with E-state index in [1.807, 2.05) is 19.9 Å². The summed E-state index contributed by atoms with van der Waals surface area (Å²) >= 11 is 12.4. The average Bonchev–Trinajstić information content (AvgIpc) is 2.37. The number of piperidine rings is 1. The highest BCUT2D eigenvalue weighted by atomic mass is 35.5. The summed E-state index contributed by atoms with van der Waals surface area (Å²) in [6, 6.07) is 3.48. The third kappa shape index (κ3) is 3.04. The van der Waals surface area contributed by atoms with E-state index in [0.717, 1.165) is 24.9 Å². The monoisotopic (exact) mass is 300 g/mol. The minimum atomic E-state index is -0.116. The number of aryl methyl sites for hydroxylation is 1. The number of nitrogens with one attached hydrogen (secondary N) is 1. The van der Waals surface area contributed by atoms with Crippen molar-refractivity contribution < 1.29 is 4.79 Å². The van der Waals surface area contributed by atoms with E-state index in [9.17, 15) is 4.79 Å². The molecular weight excluding hydrogens is 283 g/mol. The summed E-state index contributed by atoms with van der Waals surface area (Å²) in [5.41, 5.74) is 1.63. The van der Waals surface area contributed by atoms with Crippen molar-refractivity contribution in [3.63, 3.8) is 0 Å². The molecule has 2 rings (SSSR count). The molecule has 1 saturated heterocycles. The summed E-state index contributed by atoms with van der Waals surface area (Å²) in [7, 11) is 0. The summed E-state index contributed by atoms with van der Waals surface area (Å²) in [5, 5.41) is 4.43. The van der Waals surface area contributed by atoms with Gasteiger partial charge in [0.05, 0.1) is 16.8 Å². The van der Waals surface area contributed by atoms with E-state index in [2.05, 4.69) is 5.32 Å². The topological polar surface area (TPSA) is 32.3 Å². The number of halogens is 2. The largest absolute Gasteiger partial charge is 0.310 e. The van der Waals surface area contributed by atoms with Crippen molar-refractivity contribution in [2.24, 2.45) is 0 Å². The summed E-state index contributed by atoms with van der Waals surface area (Å²) in [6.45, 7) is 5.38. The van der Waals surface area contributed by atoms with Crippen LogP contribution in [-0.4, -0.2) is 25.0 Å². The zero-order valence-corrected chi connectivity index (χ0v) is 12.7. The van der Waals surface area contributed by atoms with Crippen LogP contribution in [0.15, 0.2) is 12.1 Å². The first kappa shape index (κ1) is 14.6. The molecule has 0 spiro atoms. The zero-order chi connectivity index (χ0) is 14.0. The summed E-state index contributed by atoms with van der Waals surface area (Å²) in [5.74, 6) is 0.0786. The molecule has 5 heteroatoms. The van der Waals surface area contributed by atoms with Crippen molar-refractivity contribution in [3.8, 4) is 0 Å². The number of benzene rings is 1. The van der Waals surface area contributed by atoms with E-state index < -0.39 is 0 Å². The summed E-state index contributed by atoms with van der Waals surface area (Å²) < 4.78 is 0. The molecule has 1 unspecified atom stereocenters. The number of carbonyl (C=O) groups is 1. The number of anilines is 1. The van der Waals surface area contributed by atoms with Crippen LogP contribution in [0.3, 0.4) is 0 Å². The van der Waals surface area contributed by atoms with E-state index in [-0.39, 0.29) is 11.9 Å². The van der Waals surface area contributed by atoms with Crippen LogP contribution in [0, 0.1) is 6.92 Å². The van der Waals surface area contributed by atoms with Crippen LogP contribution in [0.5, 0.6) is 0 Å². The van der Waals surface area contributed by atoms with E-state index in [1.165, 1.54) is 0 Å².